The smallest absolute Gasteiger partial charge is 0.462 e. The molecule has 83 heavy (non-hydrogen) atoms. The number of ether oxygens (including phenoxy) is 2. The number of allylic oxidation sites excluding steroid dienone is 20. The minimum absolute atomic E-state index is 0.0494. The number of nitrogens with two attached hydrogens (primary N) is 1. The molecular weight excluding hydrogens is 1050 g/mol. The molecule has 0 bridgehead atoms. The van der Waals surface area contributed by atoms with Crippen LogP contribution in [-0.2, 0) is 32.7 Å². The summed E-state index contributed by atoms with van der Waals surface area (Å²) in [4.78, 5) is 35.4. The molecule has 0 spiro atoms. The fourth-order valence-corrected chi connectivity index (χ4v) is 10.2. The predicted octanol–water partition coefficient (Wildman–Crippen LogP) is 22.3. The fraction of sp³-hybridized carbons (Fsp3) is 0.699. The number of carbonyl (C=O) groups is 2. The summed E-state index contributed by atoms with van der Waals surface area (Å²) in [6, 6.07) is 0. The van der Waals surface area contributed by atoms with E-state index >= 15 is 0 Å². The second-order valence-electron chi connectivity index (χ2n) is 22.3. The summed E-state index contributed by atoms with van der Waals surface area (Å²) in [5, 5.41) is 0. The van der Waals surface area contributed by atoms with Gasteiger partial charge in [0.15, 0.2) is 6.10 Å². The summed E-state index contributed by atoms with van der Waals surface area (Å²) < 4.78 is 33.2. The zero-order valence-corrected chi connectivity index (χ0v) is 54.3. The average molecular weight is 1180 g/mol. The number of hydrogen-bond donors (Lipinski definition) is 2. The first-order valence-corrected chi connectivity index (χ1v) is 35.5. The molecule has 10 heteroatoms. The van der Waals surface area contributed by atoms with E-state index in [0.717, 1.165) is 103 Å². The van der Waals surface area contributed by atoms with Crippen molar-refractivity contribution in [1.29, 1.82) is 0 Å². The Hall–Kier alpha value is -3.59. The van der Waals surface area contributed by atoms with Crippen LogP contribution in [0.15, 0.2) is 122 Å². The van der Waals surface area contributed by atoms with Crippen LogP contribution in [0.3, 0.4) is 0 Å². The summed E-state index contributed by atoms with van der Waals surface area (Å²) in [6.45, 7) is 3.54. The highest BCUT2D eigenvalue weighted by Crippen LogP contribution is 2.43. The Labute approximate surface area is 511 Å². The maximum Gasteiger partial charge on any atom is 0.472 e. The summed E-state index contributed by atoms with van der Waals surface area (Å²) in [5.41, 5.74) is 5.40. The lowest BCUT2D eigenvalue weighted by Gasteiger charge is -2.19. The van der Waals surface area contributed by atoms with Gasteiger partial charge in [0.1, 0.15) is 6.61 Å². The summed E-state index contributed by atoms with van der Waals surface area (Å²) in [5.74, 6) is -0.825. The molecule has 0 aromatic rings. The van der Waals surface area contributed by atoms with Crippen molar-refractivity contribution in [3.63, 3.8) is 0 Å². The molecule has 0 fully saturated rings. The second-order valence-corrected chi connectivity index (χ2v) is 23.7. The first kappa shape index (κ1) is 79.4. The first-order chi connectivity index (χ1) is 40.8. The summed E-state index contributed by atoms with van der Waals surface area (Å²) in [6.07, 6.45) is 94.2. The van der Waals surface area contributed by atoms with Crippen molar-refractivity contribution < 1.29 is 37.6 Å². The quantitative estimate of drug-likeness (QED) is 0.0264. The molecule has 0 saturated heterocycles. The van der Waals surface area contributed by atoms with Gasteiger partial charge in [-0.3, -0.25) is 18.6 Å². The van der Waals surface area contributed by atoms with Crippen LogP contribution >= 0.6 is 7.82 Å². The zero-order valence-electron chi connectivity index (χ0n) is 53.4. The maximum atomic E-state index is 12.8. The van der Waals surface area contributed by atoms with Crippen molar-refractivity contribution >= 4 is 19.8 Å². The van der Waals surface area contributed by atoms with Crippen molar-refractivity contribution in [2.24, 2.45) is 5.73 Å². The molecule has 0 saturated carbocycles. The lowest BCUT2D eigenvalue weighted by molar-refractivity contribution is -0.161. The van der Waals surface area contributed by atoms with Gasteiger partial charge in [0.05, 0.1) is 13.2 Å². The van der Waals surface area contributed by atoms with E-state index in [4.69, 9.17) is 24.3 Å². The minimum Gasteiger partial charge on any atom is -0.462 e. The van der Waals surface area contributed by atoms with Gasteiger partial charge in [0.2, 0.25) is 0 Å². The summed E-state index contributed by atoms with van der Waals surface area (Å²) in [7, 11) is -4.40. The van der Waals surface area contributed by atoms with Gasteiger partial charge < -0.3 is 20.1 Å². The van der Waals surface area contributed by atoms with Crippen LogP contribution in [0.4, 0.5) is 0 Å². The van der Waals surface area contributed by atoms with Crippen LogP contribution in [0.25, 0.3) is 0 Å². The molecule has 9 nitrogen and oxygen atoms in total. The third-order valence-electron chi connectivity index (χ3n) is 14.3. The lowest BCUT2D eigenvalue weighted by atomic mass is 10.0. The average Bonchev–Trinajstić information content (AvgIpc) is 3.48. The lowest BCUT2D eigenvalue weighted by Crippen LogP contribution is -2.29. The molecule has 0 rings (SSSR count). The van der Waals surface area contributed by atoms with Crippen LogP contribution in [0.5, 0.6) is 0 Å². The molecule has 0 amide bonds. The van der Waals surface area contributed by atoms with Gasteiger partial charge in [-0.25, -0.2) is 4.57 Å². The Bertz CT molecular complexity index is 1770. The molecule has 0 aromatic heterocycles. The molecule has 2 atom stereocenters. The monoisotopic (exact) mass is 1180 g/mol. The number of phosphoric ester groups is 1. The highest BCUT2D eigenvalue weighted by Gasteiger charge is 2.26. The van der Waals surface area contributed by atoms with Crippen molar-refractivity contribution in [1.82, 2.24) is 0 Å². The molecule has 2 unspecified atom stereocenters. The van der Waals surface area contributed by atoms with E-state index in [1.165, 1.54) is 161 Å². The number of phosphoric acid groups is 1. The molecule has 3 N–H and O–H groups in total. The highest BCUT2D eigenvalue weighted by molar-refractivity contribution is 7.47. The largest absolute Gasteiger partial charge is 0.472 e. The molecule has 0 heterocycles. The maximum absolute atomic E-state index is 12.8. The van der Waals surface area contributed by atoms with E-state index < -0.39 is 26.5 Å². The van der Waals surface area contributed by atoms with E-state index in [2.05, 4.69) is 135 Å². The Morgan fingerprint density at radius 1 is 0.361 bits per heavy atom. The van der Waals surface area contributed by atoms with Crippen LogP contribution < -0.4 is 5.73 Å². The van der Waals surface area contributed by atoms with Crippen LogP contribution in [0.2, 0.25) is 0 Å². The molecule has 476 valence electrons. The predicted molar refractivity (Wildman–Crippen MR) is 358 cm³/mol. The normalized spacial score (nSPS) is 13.7. The van der Waals surface area contributed by atoms with Crippen LogP contribution in [-0.4, -0.2) is 49.3 Å². The first-order valence-electron chi connectivity index (χ1n) is 34.0. The second kappa shape index (κ2) is 67.5. The van der Waals surface area contributed by atoms with Gasteiger partial charge in [-0.05, 0) is 103 Å². The van der Waals surface area contributed by atoms with Crippen LogP contribution in [0.1, 0.15) is 296 Å². The fourth-order valence-electron chi connectivity index (χ4n) is 9.40. The third-order valence-corrected chi connectivity index (χ3v) is 15.3. The number of hydrogen-bond acceptors (Lipinski definition) is 8. The van der Waals surface area contributed by atoms with E-state index in [9.17, 15) is 19.0 Å². The van der Waals surface area contributed by atoms with E-state index in [-0.39, 0.29) is 38.6 Å². The molecule has 0 aromatic carbocycles. The molecule has 0 aliphatic rings. The molecule has 0 radical (unpaired) electrons. The van der Waals surface area contributed by atoms with Crippen molar-refractivity contribution in [3.8, 4) is 0 Å². The molecular formula is C73H126NO8P. The number of carbonyl (C=O) groups excluding carboxylic acids is 2. The van der Waals surface area contributed by atoms with E-state index in [1.807, 2.05) is 0 Å². The Balaban J connectivity index is 3.90. The Kier molecular flexibility index (Phi) is 64.6. The van der Waals surface area contributed by atoms with Crippen LogP contribution in [0, 0.1) is 0 Å². The highest BCUT2D eigenvalue weighted by atomic mass is 31.2. The van der Waals surface area contributed by atoms with Gasteiger partial charge in [-0.2, -0.15) is 0 Å². The number of esters is 2. The van der Waals surface area contributed by atoms with Crippen molar-refractivity contribution in [2.45, 2.75) is 302 Å². The number of rotatable bonds is 63. The van der Waals surface area contributed by atoms with Gasteiger partial charge in [-0.15, -0.1) is 0 Å². The van der Waals surface area contributed by atoms with Gasteiger partial charge in [-0.1, -0.05) is 302 Å². The third kappa shape index (κ3) is 67.4. The van der Waals surface area contributed by atoms with E-state index in [1.54, 1.807) is 0 Å². The number of unbranched alkanes of at least 4 members (excludes halogenated alkanes) is 30. The Morgan fingerprint density at radius 2 is 0.627 bits per heavy atom. The zero-order chi connectivity index (χ0) is 60.1. The molecule has 0 aliphatic carbocycles. The van der Waals surface area contributed by atoms with Gasteiger partial charge in [0, 0.05) is 19.4 Å². The van der Waals surface area contributed by atoms with Gasteiger partial charge in [0.25, 0.3) is 0 Å². The van der Waals surface area contributed by atoms with Crippen molar-refractivity contribution in [2.75, 3.05) is 26.4 Å². The Morgan fingerprint density at radius 3 is 0.928 bits per heavy atom. The standard InChI is InChI=1S/C73H126NO8P/c1-3-5-7-9-11-13-15-17-19-21-23-25-27-29-31-33-35-37-39-41-43-45-47-49-51-53-55-57-59-61-63-65-72(75)79-69-71(70-81-83(77,78)80-68-67-74)82-73(76)66-64-62-60-58-56-54-52-50-48-46-44-42-40-38-36-34-32-30-28-26-24-22-20-18-16-14-12-10-8-6-4-2/h5-8,11-14,17-20,23-26,30,32,36,38,71H,3-4,9-10,15-16,21-22,27-29,31,33-35,37,39-70,74H2,1-2H3,(H,77,78)/b7-5-,8-6-,13-11-,14-12-,19-17-,20-18-,25-23-,26-24-,32-30-,38-36-. The van der Waals surface area contributed by atoms with E-state index in [0.29, 0.717) is 6.42 Å². The molecule has 0 aliphatic heterocycles. The minimum atomic E-state index is -4.40. The van der Waals surface area contributed by atoms with Crippen molar-refractivity contribution in [3.05, 3.63) is 122 Å². The van der Waals surface area contributed by atoms with Gasteiger partial charge >= 0.3 is 19.8 Å². The summed E-state index contributed by atoms with van der Waals surface area (Å²) >= 11 is 0. The topological polar surface area (TPSA) is 134 Å². The SMILES string of the molecule is CC/C=C\C/C=C\C/C=C\C/C=C\C/C=C\C/C=C\CCCCCCCCCCCCCCC(=O)OC(COC(=O)CCCCCCCCCCCCCCCCCCCC/C=C\C/C=C\C/C=C\C/C=C\CC)COP(=O)(O)OCCN.